The van der Waals surface area contributed by atoms with Crippen molar-refractivity contribution in [2.45, 2.75) is 46.0 Å². The average Bonchev–Trinajstić information content (AvgIpc) is 2.28. The molecule has 0 bridgehead atoms. The summed E-state index contributed by atoms with van der Waals surface area (Å²) >= 11 is 0. The largest absolute Gasteiger partial charge is 0.343 e. The molecule has 1 radical (unpaired) electrons. The summed E-state index contributed by atoms with van der Waals surface area (Å²) in [6, 6.07) is 0. The van der Waals surface area contributed by atoms with E-state index in [2.05, 4.69) is 13.8 Å². The van der Waals surface area contributed by atoms with E-state index in [4.69, 9.17) is 0 Å². The van der Waals surface area contributed by atoms with Gasteiger partial charge < -0.3 is 4.90 Å². The first-order valence-electron chi connectivity index (χ1n) is 6.29. The van der Waals surface area contributed by atoms with Crippen LogP contribution in [0, 0.1) is 11.8 Å². The van der Waals surface area contributed by atoms with Crippen molar-refractivity contribution in [3.05, 3.63) is 0 Å². The SMILES string of the molecule is CC(C)C[C@@H]([C]=O)CC(=O)N1CCCCC1. The fourth-order valence-corrected chi connectivity index (χ4v) is 2.23. The molecule has 3 nitrogen and oxygen atoms in total. The molecule has 1 aliphatic heterocycles. The Balaban J connectivity index is 2.38. The van der Waals surface area contributed by atoms with E-state index in [1.165, 1.54) is 6.42 Å². The van der Waals surface area contributed by atoms with Crippen molar-refractivity contribution in [3.8, 4) is 0 Å². The summed E-state index contributed by atoms with van der Waals surface area (Å²) in [6.45, 7) is 5.86. The number of rotatable bonds is 5. The van der Waals surface area contributed by atoms with Crippen LogP contribution < -0.4 is 0 Å². The predicted octanol–water partition coefficient (Wildman–Crippen LogP) is 2.16. The lowest BCUT2D eigenvalue weighted by Gasteiger charge is -2.27. The molecule has 0 aromatic heterocycles. The Hall–Kier alpha value is -0.860. The molecule has 0 aromatic rings. The van der Waals surface area contributed by atoms with Crippen molar-refractivity contribution in [2.75, 3.05) is 13.1 Å². The molecule has 1 heterocycles. The van der Waals surface area contributed by atoms with Crippen LogP contribution in [0.1, 0.15) is 46.0 Å². The highest BCUT2D eigenvalue weighted by Crippen LogP contribution is 2.17. The monoisotopic (exact) mass is 224 g/mol. The summed E-state index contributed by atoms with van der Waals surface area (Å²) in [6.07, 6.45) is 6.55. The van der Waals surface area contributed by atoms with Crippen molar-refractivity contribution in [1.82, 2.24) is 4.90 Å². The van der Waals surface area contributed by atoms with E-state index < -0.39 is 0 Å². The lowest BCUT2D eigenvalue weighted by Crippen LogP contribution is -2.36. The molecule has 0 saturated carbocycles. The topological polar surface area (TPSA) is 37.4 Å². The van der Waals surface area contributed by atoms with E-state index in [0.29, 0.717) is 12.3 Å². The van der Waals surface area contributed by atoms with Crippen LogP contribution in [-0.2, 0) is 9.59 Å². The molecule has 1 rings (SSSR count). The van der Waals surface area contributed by atoms with Gasteiger partial charge in [0.05, 0.1) is 0 Å². The van der Waals surface area contributed by atoms with E-state index in [0.717, 1.165) is 32.4 Å². The molecule has 1 saturated heterocycles. The number of nitrogens with zero attached hydrogens (tertiary/aromatic N) is 1. The van der Waals surface area contributed by atoms with Crippen LogP contribution in [0.15, 0.2) is 0 Å². The summed E-state index contributed by atoms with van der Waals surface area (Å²) < 4.78 is 0. The summed E-state index contributed by atoms with van der Waals surface area (Å²) in [5.74, 6) is 0.365. The average molecular weight is 224 g/mol. The number of carbonyl (C=O) groups is 1. The molecule has 0 spiro atoms. The van der Waals surface area contributed by atoms with Gasteiger partial charge in [0.1, 0.15) is 0 Å². The lowest BCUT2D eigenvalue weighted by atomic mass is 9.94. The molecular weight excluding hydrogens is 202 g/mol. The van der Waals surface area contributed by atoms with Crippen molar-refractivity contribution in [2.24, 2.45) is 11.8 Å². The molecule has 0 aliphatic carbocycles. The molecule has 1 fully saturated rings. The summed E-state index contributed by atoms with van der Waals surface area (Å²) in [5.41, 5.74) is 0. The van der Waals surface area contributed by atoms with Crippen molar-refractivity contribution >= 4 is 12.2 Å². The van der Waals surface area contributed by atoms with Gasteiger partial charge in [-0.3, -0.25) is 9.59 Å². The minimum Gasteiger partial charge on any atom is -0.343 e. The zero-order valence-electron chi connectivity index (χ0n) is 10.4. The summed E-state index contributed by atoms with van der Waals surface area (Å²) in [5, 5.41) is 0. The number of hydrogen-bond donors (Lipinski definition) is 0. The van der Waals surface area contributed by atoms with Gasteiger partial charge in [0.2, 0.25) is 12.2 Å². The van der Waals surface area contributed by atoms with Gasteiger partial charge in [-0.15, -0.1) is 0 Å². The van der Waals surface area contributed by atoms with Gasteiger partial charge in [0.15, 0.2) is 0 Å². The standard InChI is InChI=1S/C13H22NO2/c1-11(2)8-12(10-15)9-13(16)14-6-4-3-5-7-14/h11-12H,3-9H2,1-2H3/t12-/m1/s1. The molecule has 91 valence electrons. The van der Waals surface area contributed by atoms with Crippen LogP contribution in [0.3, 0.4) is 0 Å². The van der Waals surface area contributed by atoms with E-state index in [9.17, 15) is 9.59 Å². The molecule has 0 unspecified atom stereocenters. The molecule has 1 atom stereocenters. The van der Waals surface area contributed by atoms with E-state index in [1.54, 1.807) is 0 Å². The summed E-state index contributed by atoms with van der Waals surface area (Å²) in [7, 11) is 0. The quantitative estimate of drug-likeness (QED) is 0.717. The second-order valence-corrected chi connectivity index (χ2v) is 5.09. The van der Waals surface area contributed by atoms with E-state index in [1.807, 2.05) is 11.2 Å². The zero-order chi connectivity index (χ0) is 12.0. The second-order valence-electron chi connectivity index (χ2n) is 5.09. The number of amides is 1. The maximum atomic E-state index is 11.9. The lowest BCUT2D eigenvalue weighted by molar-refractivity contribution is -0.132. The molecule has 3 heteroatoms. The Morgan fingerprint density at radius 2 is 1.88 bits per heavy atom. The number of hydrogen-bond acceptors (Lipinski definition) is 2. The molecule has 0 aromatic carbocycles. The first-order valence-corrected chi connectivity index (χ1v) is 6.29. The highest BCUT2D eigenvalue weighted by atomic mass is 16.2. The number of carbonyl (C=O) groups excluding carboxylic acids is 2. The molecule has 0 N–H and O–H groups in total. The van der Waals surface area contributed by atoms with Crippen molar-refractivity contribution < 1.29 is 9.59 Å². The Morgan fingerprint density at radius 3 is 2.38 bits per heavy atom. The Bertz CT molecular complexity index is 232. The van der Waals surface area contributed by atoms with Crippen molar-refractivity contribution in [3.63, 3.8) is 0 Å². The third kappa shape index (κ3) is 4.33. The molecule has 1 aliphatic rings. The van der Waals surface area contributed by atoms with Gasteiger partial charge in [-0.1, -0.05) is 13.8 Å². The first kappa shape index (κ1) is 13.2. The fraction of sp³-hybridized carbons (Fsp3) is 0.846. The van der Waals surface area contributed by atoms with Crippen LogP contribution in [0.25, 0.3) is 0 Å². The maximum Gasteiger partial charge on any atom is 0.223 e. The first-order chi connectivity index (χ1) is 7.63. The predicted molar refractivity (Wildman–Crippen MR) is 63.7 cm³/mol. The van der Waals surface area contributed by atoms with E-state index in [-0.39, 0.29) is 11.8 Å². The highest BCUT2D eigenvalue weighted by molar-refractivity contribution is 5.79. The van der Waals surface area contributed by atoms with Gasteiger partial charge >= 0.3 is 0 Å². The van der Waals surface area contributed by atoms with Gasteiger partial charge in [-0.05, 0) is 31.6 Å². The third-order valence-electron chi connectivity index (χ3n) is 3.05. The van der Waals surface area contributed by atoms with Gasteiger partial charge in [0, 0.05) is 25.4 Å². The van der Waals surface area contributed by atoms with Gasteiger partial charge in [-0.2, -0.15) is 0 Å². The number of likely N-dealkylation sites (tertiary alicyclic amines) is 1. The van der Waals surface area contributed by atoms with Crippen LogP contribution in [0.2, 0.25) is 0 Å². The Labute approximate surface area is 98.2 Å². The summed E-state index contributed by atoms with van der Waals surface area (Å²) in [4.78, 5) is 24.6. The fourth-order valence-electron chi connectivity index (χ4n) is 2.23. The van der Waals surface area contributed by atoms with Crippen LogP contribution in [0.5, 0.6) is 0 Å². The zero-order valence-corrected chi connectivity index (χ0v) is 10.4. The Morgan fingerprint density at radius 1 is 1.25 bits per heavy atom. The molecular formula is C13H22NO2. The minimum absolute atomic E-state index is 0.133. The van der Waals surface area contributed by atoms with Crippen LogP contribution >= 0.6 is 0 Å². The maximum absolute atomic E-state index is 11.9. The van der Waals surface area contributed by atoms with E-state index >= 15 is 0 Å². The molecule has 16 heavy (non-hydrogen) atoms. The van der Waals surface area contributed by atoms with Crippen LogP contribution in [0.4, 0.5) is 0 Å². The van der Waals surface area contributed by atoms with Gasteiger partial charge in [0.25, 0.3) is 0 Å². The highest BCUT2D eigenvalue weighted by Gasteiger charge is 2.21. The minimum atomic E-state index is -0.213. The Kier molecular flexibility index (Phi) is 5.50. The molecule has 1 amide bonds. The van der Waals surface area contributed by atoms with Crippen molar-refractivity contribution in [1.29, 1.82) is 0 Å². The smallest absolute Gasteiger partial charge is 0.223 e. The second kappa shape index (κ2) is 6.66. The van der Waals surface area contributed by atoms with Gasteiger partial charge in [-0.25, -0.2) is 0 Å². The third-order valence-corrected chi connectivity index (χ3v) is 3.05. The normalized spacial score (nSPS) is 18.6. The van der Waals surface area contributed by atoms with Crippen LogP contribution in [-0.4, -0.2) is 30.2 Å². The number of piperidine rings is 1.